The molecule has 3 atom stereocenters. The van der Waals surface area contributed by atoms with Gasteiger partial charge in [0.25, 0.3) is 0 Å². The van der Waals surface area contributed by atoms with E-state index in [0.29, 0.717) is 18.2 Å². The summed E-state index contributed by atoms with van der Waals surface area (Å²) < 4.78 is 5.74. The van der Waals surface area contributed by atoms with Gasteiger partial charge in [-0.15, -0.1) is 0 Å². The lowest BCUT2D eigenvalue weighted by Gasteiger charge is -2.34. The highest BCUT2D eigenvalue weighted by atomic mass is 16.5. The summed E-state index contributed by atoms with van der Waals surface area (Å²) in [7, 11) is 0. The van der Waals surface area contributed by atoms with E-state index in [1.165, 1.54) is 25.7 Å². The second-order valence-corrected chi connectivity index (χ2v) is 6.64. The Balaban J connectivity index is 1.86. The van der Waals surface area contributed by atoms with E-state index in [2.05, 4.69) is 30.1 Å². The summed E-state index contributed by atoms with van der Waals surface area (Å²) in [5.74, 6) is 0. The average Bonchev–Trinajstić information content (AvgIpc) is 3.07. The van der Waals surface area contributed by atoms with Gasteiger partial charge in [-0.2, -0.15) is 5.26 Å². The van der Waals surface area contributed by atoms with E-state index < -0.39 is 5.54 Å². The molecule has 114 valence electrons. The van der Waals surface area contributed by atoms with Crippen molar-refractivity contribution in [1.29, 1.82) is 5.26 Å². The summed E-state index contributed by atoms with van der Waals surface area (Å²) in [5.41, 5.74) is -0.398. The van der Waals surface area contributed by atoms with Gasteiger partial charge >= 0.3 is 0 Å². The lowest BCUT2D eigenvalue weighted by Crippen LogP contribution is -2.49. The monoisotopic (exact) mass is 279 g/mol. The average molecular weight is 279 g/mol. The van der Waals surface area contributed by atoms with Gasteiger partial charge in [-0.05, 0) is 52.5 Å². The van der Waals surface area contributed by atoms with E-state index in [1.54, 1.807) is 0 Å². The van der Waals surface area contributed by atoms with Crippen LogP contribution in [0.4, 0.5) is 0 Å². The van der Waals surface area contributed by atoms with Gasteiger partial charge in [-0.25, -0.2) is 0 Å². The summed E-state index contributed by atoms with van der Waals surface area (Å²) >= 11 is 0. The molecule has 2 fully saturated rings. The Hall–Kier alpha value is -0.630. The van der Waals surface area contributed by atoms with Crippen molar-refractivity contribution in [2.24, 2.45) is 0 Å². The number of nitrogens with zero attached hydrogens (tertiary/aromatic N) is 2. The Morgan fingerprint density at radius 1 is 1.45 bits per heavy atom. The molecular formula is C16H29N3O. The van der Waals surface area contributed by atoms with Crippen molar-refractivity contribution < 1.29 is 4.74 Å². The highest BCUT2D eigenvalue weighted by Gasteiger charge is 2.35. The molecular weight excluding hydrogens is 250 g/mol. The summed E-state index contributed by atoms with van der Waals surface area (Å²) in [6, 6.07) is 3.46. The molecule has 0 radical (unpaired) electrons. The van der Waals surface area contributed by atoms with Crippen LogP contribution in [0.25, 0.3) is 0 Å². The van der Waals surface area contributed by atoms with Crippen LogP contribution in [0.15, 0.2) is 0 Å². The van der Waals surface area contributed by atoms with Gasteiger partial charge in [0, 0.05) is 25.2 Å². The smallest absolute Gasteiger partial charge is 0.105 e. The van der Waals surface area contributed by atoms with Gasteiger partial charge in [0.1, 0.15) is 5.54 Å². The van der Waals surface area contributed by atoms with Crippen LogP contribution in [0.2, 0.25) is 0 Å². The van der Waals surface area contributed by atoms with Crippen molar-refractivity contribution in [2.75, 3.05) is 19.7 Å². The van der Waals surface area contributed by atoms with Crippen LogP contribution in [0.1, 0.15) is 52.9 Å². The number of hydrogen-bond donors (Lipinski definition) is 1. The summed E-state index contributed by atoms with van der Waals surface area (Å²) in [6.45, 7) is 9.41. The second-order valence-electron chi connectivity index (χ2n) is 6.64. The number of rotatable bonds is 8. The number of likely N-dealkylation sites (N-methyl/N-ethyl adjacent to an activating group) is 1. The summed E-state index contributed by atoms with van der Waals surface area (Å²) in [5, 5.41) is 13.0. The van der Waals surface area contributed by atoms with Crippen molar-refractivity contribution in [1.82, 2.24) is 10.2 Å². The lowest BCUT2D eigenvalue weighted by atomic mass is 9.94. The summed E-state index contributed by atoms with van der Waals surface area (Å²) in [6.07, 6.45) is 6.08. The van der Waals surface area contributed by atoms with E-state index in [9.17, 15) is 5.26 Å². The zero-order valence-corrected chi connectivity index (χ0v) is 13.2. The van der Waals surface area contributed by atoms with Crippen molar-refractivity contribution in [2.45, 2.75) is 76.6 Å². The molecule has 1 aliphatic heterocycles. The lowest BCUT2D eigenvalue weighted by molar-refractivity contribution is 0.0569. The highest BCUT2D eigenvalue weighted by Crippen LogP contribution is 2.26. The van der Waals surface area contributed by atoms with E-state index in [-0.39, 0.29) is 0 Å². The Morgan fingerprint density at radius 2 is 2.20 bits per heavy atom. The normalized spacial score (nSPS) is 27.2. The van der Waals surface area contributed by atoms with E-state index in [1.807, 2.05) is 6.92 Å². The van der Waals surface area contributed by atoms with Crippen molar-refractivity contribution >= 4 is 0 Å². The molecule has 4 heteroatoms. The first-order valence-corrected chi connectivity index (χ1v) is 8.11. The molecule has 3 unspecified atom stereocenters. The molecule has 2 aliphatic rings. The maximum atomic E-state index is 9.49. The minimum absolute atomic E-state index is 0.391. The van der Waals surface area contributed by atoms with Crippen LogP contribution in [0, 0.1) is 11.3 Å². The largest absolute Gasteiger partial charge is 0.377 e. The molecule has 1 saturated heterocycles. The van der Waals surface area contributed by atoms with E-state index in [0.717, 1.165) is 26.1 Å². The minimum atomic E-state index is -0.398. The number of hydrogen-bond acceptors (Lipinski definition) is 4. The van der Waals surface area contributed by atoms with Gasteiger partial charge in [0.15, 0.2) is 0 Å². The molecule has 20 heavy (non-hydrogen) atoms. The molecule has 1 N–H and O–H groups in total. The zero-order chi connectivity index (χ0) is 14.6. The van der Waals surface area contributed by atoms with Gasteiger partial charge in [0.2, 0.25) is 0 Å². The van der Waals surface area contributed by atoms with Crippen molar-refractivity contribution in [3.8, 4) is 6.07 Å². The molecule has 0 aromatic heterocycles. The van der Waals surface area contributed by atoms with Crippen LogP contribution in [-0.2, 0) is 4.74 Å². The van der Waals surface area contributed by atoms with Crippen LogP contribution in [-0.4, -0.2) is 48.3 Å². The van der Waals surface area contributed by atoms with Crippen molar-refractivity contribution in [3.63, 3.8) is 0 Å². The quantitative estimate of drug-likeness (QED) is 0.740. The summed E-state index contributed by atoms with van der Waals surface area (Å²) in [4.78, 5) is 2.46. The van der Waals surface area contributed by atoms with Gasteiger partial charge < -0.3 is 4.74 Å². The van der Waals surface area contributed by atoms with E-state index in [4.69, 9.17) is 4.74 Å². The van der Waals surface area contributed by atoms with Crippen LogP contribution in [0.3, 0.4) is 0 Å². The highest BCUT2D eigenvalue weighted by molar-refractivity contribution is 5.08. The Kier molecular flexibility index (Phi) is 5.42. The molecule has 4 nitrogen and oxygen atoms in total. The maximum absolute atomic E-state index is 9.49. The molecule has 1 saturated carbocycles. The van der Waals surface area contributed by atoms with Crippen LogP contribution in [0.5, 0.6) is 0 Å². The van der Waals surface area contributed by atoms with Crippen LogP contribution >= 0.6 is 0 Å². The Labute approximate surface area is 123 Å². The van der Waals surface area contributed by atoms with Gasteiger partial charge in [-0.1, -0.05) is 6.92 Å². The van der Waals surface area contributed by atoms with Gasteiger partial charge in [-0.3, -0.25) is 10.2 Å². The topological polar surface area (TPSA) is 48.3 Å². The van der Waals surface area contributed by atoms with Gasteiger partial charge in [0.05, 0.1) is 12.2 Å². The first-order chi connectivity index (χ1) is 9.56. The fourth-order valence-corrected chi connectivity index (χ4v) is 3.21. The third-order valence-electron chi connectivity index (χ3n) is 4.54. The third-order valence-corrected chi connectivity index (χ3v) is 4.54. The maximum Gasteiger partial charge on any atom is 0.105 e. The standard InChI is InChI=1S/C16H29N3O/c1-4-19(11-15-6-5-9-20-15)13(2)10-16(3,12-17)18-14-7-8-14/h13-15,18H,4-11H2,1-3H3. The third kappa shape index (κ3) is 4.44. The SMILES string of the molecule is CCN(CC1CCCO1)C(C)CC(C)(C#N)NC1CC1. The number of ether oxygens (including phenoxy) is 1. The molecule has 0 aromatic carbocycles. The number of nitriles is 1. The molecule has 1 heterocycles. The Morgan fingerprint density at radius 3 is 2.70 bits per heavy atom. The molecule has 0 aromatic rings. The molecule has 0 spiro atoms. The fraction of sp³-hybridized carbons (Fsp3) is 0.938. The first-order valence-electron chi connectivity index (χ1n) is 8.11. The predicted octanol–water partition coefficient (Wildman–Crippen LogP) is 2.30. The minimum Gasteiger partial charge on any atom is -0.377 e. The second kappa shape index (κ2) is 6.89. The van der Waals surface area contributed by atoms with Crippen molar-refractivity contribution in [3.05, 3.63) is 0 Å². The van der Waals surface area contributed by atoms with E-state index >= 15 is 0 Å². The number of nitrogens with one attached hydrogen (secondary N) is 1. The fourth-order valence-electron chi connectivity index (χ4n) is 3.21. The predicted molar refractivity (Wildman–Crippen MR) is 80.5 cm³/mol. The zero-order valence-electron chi connectivity index (χ0n) is 13.2. The molecule has 0 bridgehead atoms. The molecule has 2 rings (SSSR count). The first kappa shape index (κ1) is 15.8. The molecule has 0 amide bonds. The van der Waals surface area contributed by atoms with Crippen LogP contribution < -0.4 is 5.32 Å². The Bertz CT molecular complexity index is 344. The molecule has 1 aliphatic carbocycles.